The summed E-state index contributed by atoms with van der Waals surface area (Å²) >= 11 is 0. The largest absolute Gasteiger partial charge is 0.457 e. The van der Waals surface area contributed by atoms with Gasteiger partial charge in [0.25, 0.3) is 0 Å². The van der Waals surface area contributed by atoms with Gasteiger partial charge in [0.1, 0.15) is 11.5 Å². The van der Waals surface area contributed by atoms with Crippen molar-refractivity contribution in [2.45, 2.75) is 26.2 Å². The number of allylic oxidation sites excluding steroid dienone is 2. The van der Waals surface area contributed by atoms with E-state index in [9.17, 15) is 0 Å². The lowest BCUT2D eigenvalue weighted by atomic mass is 10.1. The molecular formula is C20H22O2. The van der Waals surface area contributed by atoms with E-state index < -0.39 is 0 Å². The zero-order valence-electron chi connectivity index (χ0n) is 13.0. The van der Waals surface area contributed by atoms with Crippen LogP contribution in [0.1, 0.15) is 26.2 Å². The molecule has 2 nitrogen and oxygen atoms in total. The van der Waals surface area contributed by atoms with Gasteiger partial charge in [0.2, 0.25) is 0 Å². The summed E-state index contributed by atoms with van der Waals surface area (Å²) in [5.41, 5.74) is 1.30. The zero-order valence-corrected chi connectivity index (χ0v) is 13.0. The summed E-state index contributed by atoms with van der Waals surface area (Å²) in [7, 11) is 0. The lowest BCUT2D eigenvalue weighted by molar-refractivity contribution is 0.175. The summed E-state index contributed by atoms with van der Waals surface area (Å²) in [6.07, 6.45) is 7.77. The Morgan fingerprint density at radius 1 is 1.14 bits per heavy atom. The highest BCUT2D eigenvalue weighted by molar-refractivity contribution is 5.88. The SMILES string of the molecule is CCOC/C=C(/Oc1cccc2ccccc12)C1=CCCC1. The van der Waals surface area contributed by atoms with E-state index in [1.807, 2.05) is 25.1 Å². The quantitative estimate of drug-likeness (QED) is 0.535. The van der Waals surface area contributed by atoms with Crippen molar-refractivity contribution < 1.29 is 9.47 Å². The van der Waals surface area contributed by atoms with Crippen molar-refractivity contribution >= 4 is 10.8 Å². The third-order valence-electron chi connectivity index (χ3n) is 3.92. The highest BCUT2D eigenvalue weighted by Crippen LogP contribution is 2.31. The minimum Gasteiger partial charge on any atom is -0.457 e. The molecule has 0 N–H and O–H groups in total. The van der Waals surface area contributed by atoms with Gasteiger partial charge in [-0.3, -0.25) is 0 Å². The first kappa shape index (κ1) is 14.9. The molecule has 1 aliphatic rings. The molecule has 0 unspecified atom stereocenters. The smallest absolute Gasteiger partial charge is 0.135 e. The predicted molar refractivity (Wildman–Crippen MR) is 91.1 cm³/mol. The second kappa shape index (κ2) is 7.28. The minimum absolute atomic E-state index is 0.591. The summed E-state index contributed by atoms with van der Waals surface area (Å²) in [4.78, 5) is 0. The fraction of sp³-hybridized carbons (Fsp3) is 0.300. The van der Waals surface area contributed by atoms with Crippen molar-refractivity contribution in [2.24, 2.45) is 0 Å². The number of ether oxygens (including phenoxy) is 2. The van der Waals surface area contributed by atoms with Crippen LogP contribution >= 0.6 is 0 Å². The molecule has 22 heavy (non-hydrogen) atoms. The standard InChI is InChI=1S/C20H22O2/c1-2-21-15-14-19(17-9-3-4-10-17)22-20-13-7-11-16-8-5-6-12-18(16)20/h5-9,11-14H,2-4,10,15H2,1H3/b19-14+. The van der Waals surface area contributed by atoms with Crippen LogP contribution in [-0.4, -0.2) is 13.2 Å². The molecule has 0 amide bonds. The fourth-order valence-corrected chi connectivity index (χ4v) is 2.79. The Morgan fingerprint density at radius 2 is 2.00 bits per heavy atom. The summed E-state index contributed by atoms with van der Waals surface area (Å²) < 4.78 is 11.7. The molecule has 2 aromatic carbocycles. The first-order chi connectivity index (χ1) is 10.9. The van der Waals surface area contributed by atoms with Crippen molar-refractivity contribution in [2.75, 3.05) is 13.2 Å². The number of rotatable bonds is 6. The van der Waals surface area contributed by atoms with Crippen LogP contribution in [0.3, 0.4) is 0 Å². The lowest BCUT2D eigenvalue weighted by Gasteiger charge is -2.13. The fourth-order valence-electron chi connectivity index (χ4n) is 2.79. The molecule has 0 aliphatic heterocycles. The summed E-state index contributed by atoms with van der Waals surface area (Å²) in [5, 5.41) is 2.34. The number of fused-ring (bicyclic) bond motifs is 1. The van der Waals surface area contributed by atoms with Crippen molar-refractivity contribution in [3.8, 4) is 5.75 Å². The van der Waals surface area contributed by atoms with Gasteiger partial charge >= 0.3 is 0 Å². The number of hydrogen-bond donors (Lipinski definition) is 0. The van der Waals surface area contributed by atoms with Crippen LogP contribution in [0.2, 0.25) is 0 Å². The first-order valence-electron chi connectivity index (χ1n) is 8.01. The van der Waals surface area contributed by atoms with Gasteiger partial charge < -0.3 is 9.47 Å². The van der Waals surface area contributed by atoms with E-state index in [4.69, 9.17) is 9.47 Å². The van der Waals surface area contributed by atoms with E-state index in [0.29, 0.717) is 6.61 Å². The second-order valence-electron chi connectivity index (χ2n) is 5.43. The van der Waals surface area contributed by atoms with Gasteiger partial charge in [0.15, 0.2) is 0 Å². The Kier molecular flexibility index (Phi) is 4.92. The zero-order chi connectivity index (χ0) is 15.2. The van der Waals surface area contributed by atoms with E-state index >= 15 is 0 Å². The van der Waals surface area contributed by atoms with Crippen molar-refractivity contribution in [1.29, 1.82) is 0 Å². The molecule has 0 saturated heterocycles. The molecule has 1 aliphatic carbocycles. The Labute approximate surface area is 132 Å². The maximum Gasteiger partial charge on any atom is 0.135 e. The summed E-state index contributed by atoms with van der Waals surface area (Å²) in [6.45, 7) is 3.32. The average Bonchev–Trinajstić information content (AvgIpc) is 3.09. The van der Waals surface area contributed by atoms with Crippen LogP contribution in [0.15, 0.2) is 65.9 Å². The van der Waals surface area contributed by atoms with Gasteiger partial charge in [0.05, 0.1) is 6.61 Å². The highest BCUT2D eigenvalue weighted by atomic mass is 16.5. The topological polar surface area (TPSA) is 18.5 Å². The van der Waals surface area contributed by atoms with Crippen LogP contribution in [0.5, 0.6) is 5.75 Å². The first-order valence-corrected chi connectivity index (χ1v) is 8.01. The van der Waals surface area contributed by atoms with E-state index in [1.165, 1.54) is 17.4 Å². The van der Waals surface area contributed by atoms with Crippen LogP contribution in [0, 0.1) is 0 Å². The van der Waals surface area contributed by atoms with Crippen LogP contribution in [0.4, 0.5) is 0 Å². The average molecular weight is 294 g/mol. The molecule has 0 saturated carbocycles. The molecule has 2 heteroatoms. The van der Waals surface area contributed by atoms with E-state index in [1.54, 1.807) is 0 Å². The Morgan fingerprint density at radius 3 is 2.82 bits per heavy atom. The summed E-state index contributed by atoms with van der Waals surface area (Å²) in [5.74, 6) is 1.86. The predicted octanol–water partition coefficient (Wildman–Crippen LogP) is 5.25. The third kappa shape index (κ3) is 3.40. The van der Waals surface area contributed by atoms with Crippen LogP contribution in [0.25, 0.3) is 10.8 Å². The number of benzene rings is 2. The second-order valence-corrected chi connectivity index (χ2v) is 5.43. The van der Waals surface area contributed by atoms with Gasteiger partial charge in [-0.1, -0.05) is 42.5 Å². The maximum absolute atomic E-state index is 6.27. The number of hydrogen-bond acceptors (Lipinski definition) is 2. The van der Waals surface area contributed by atoms with Crippen LogP contribution < -0.4 is 4.74 Å². The van der Waals surface area contributed by atoms with Crippen molar-refractivity contribution in [3.63, 3.8) is 0 Å². The molecule has 114 valence electrons. The Hall–Kier alpha value is -2.06. The molecule has 0 radical (unpaired) electrons. The van der Waals surface area contributed by atoms with Crippen LogP contribution in [-0.2, 0) is 4.74 Å². The maximum atomic E-state index is 6.27. The molecule has 0 spiro atoms. The van der Waals surface area contributed by atoms with Gasteiger partial charge in [-0.05, 0) is 49.3 Å². The molecule has 3 rings (SSSR count). The molecule has 0 heterocycles. The van der Waals surface area contributed by atoms with E-state index in [0.717, 1.165) is 36.3 Å². The Balaban J connectivity index is 1.90. The summed E-state index contributed by atoms with van der Waals surface area (Å²) in [6, 6.07) is 14.5. The lowest BCUT2D eigenvalue weighted by Crippen LogP contribution is -2.01. The third-order valence-corrected chi connectivity index (χ3v) is 3.92. The van der Waals surface area contributed by atoms with Gasteiger partial charge in [-0.2, -0.15) is 0 Å². The normalized spacial score (nSPS) is 15.1. The molecule has 0 bridgehead atoms. The van der Waals surface area contributed by atoms with Gasteiger partial charge in [-0.15, -0.1) is 0 Å². The molecule has 2 aromatic rings. The monoisotopic (exact) mass is 294 g/mol. The molecule has 0 atom stereocenters. The van der Waals surface area contributed by atoms with Gasteiger partial charge in [-0.25, -0.2) is 0 Å². The molecular weight excluding hydrogens is 272 g/mol. The molecule has 0 aromatic heterocycles. The van der Waals surface area contributed by atoms with Crippen molar-refractivity contribution in [1.82, 2.24) is 0 Å². The Bertz CT molecular complexity index is 692. The van der Waals surface area contributed by atoms with Crippen molar-refractivity contribution in [3.05, 3.63) is 65.9 Å². The molecule has 0 fully saturated rings. The van der Waals surface area contributed by atoms with E-state index in [-0.39, 0.29) is 0 Å². The highest BCUT2D eigenvalue weighted by Gasteiger charge is 2.13. The van der Waals surface area contributed by atoms with Gasteiger partial charge in [0, 0.05) is 12.0 Å². The minimum atomic E-state index is 0.591. The van der Waals surface area contributed by atoms with E-state index in [2.05, 4.69) is 36.4 Å².